The van der Waals surface area contributed by atoms with Crippen LogP contribution in [0.5, 0.6) is 0 Å². The lowest BCUT2D eigenvalue weighted by molar-refractivity contribution is 0.778. The Hall–Kier alpha value is -2.86. The minimum Gasteiger partial charge on any atom is -0.324 e. The van der Waals surface area contributed by atoms with Gasteiger partial charge in [-0.1, -0.05) is 23.7 Å². The number of hydrogen-bond acceptors (Lipinski definition) is 4. The van der Waals surface area contributed by atoms with Crippen LogP contribution in [0.1, 0.15) is 5.56 Å². The smallest absolute Gasteiger partial charge is 0.225 e. The Balaban J connectivity index is 1.66. The average Bonchev–Trinajstić information content (AvgIpc) is 3.17. The largest absolute Gasteiger partial charge is 0.324 e. The van der Waals surface area contributed by atoms with Gasteiger partial charge >= 0.3 is 0 Å². The third kappa shape index (κ3) is 2.61. The molecule has 0 aliphatic heterocycles. The van der Waals surface area contributed by atoms with Crippen LogP contribution in [-0.4, -0.2) is 25.0 Å². The number of rotatable bonds is 3. The number of hydrogen-bond donors (Lipinski definition) is 2. The molecule has 2 aromatic carbocycles. The zero-order valence-electron chi connectivity index (χ0n) is 13.2. The number of aromatic nitrogens is 5. The lowest BCUT2D eigenvalue weighted by atomic mass is 10.1. The zero-order valence-corrected chi connectivity index (χ0v) is 14.0. The molecule has 2 N–H and O–H groups in total. The predicted octanol–water partition coefficient (Wildman–Crippen LogP) is 4.06. The number of H-pyrrole nitrogens is 1. The van der Waals surface area contributed by atoms with Gasteiger partial charge in [-0.3, -0.25) is 5.10 Å². The first-order valence-corrected chi connectivity index (χ1v) is 7.86. The van der Waals surface area contributed by atoms with E-state index >= 15 is 0 Å². The molecular formula is C17H15ClN6. The second-order valence-corrected chi connectivity index (χ2v) is 6.05. The van der Waals surface area contributed by atoms with Crippen LogP contribution in [0.25, 0.3) is 22.3 Å². The summed E-state index contributed by atoms with van der Waals surface area (Å²) in [6.45, 7) is 1.97. The summed E-state index contributed by atoms with van der Waals surface area (Å²) in [7, 11) is 1.85. The summed E-state index contributed by atoms with van der Waals surface area (Å²) in [4.78, 5) is 4.57. The summed E-state index contributed by atoms with van der Waals surface area (Å²) in [6.07, 6.45) is 1.79. The number of fused-ring (bicyclic) bond motifs is 1. The van der Waals surface area contributed by atoms with Gasteiger partial charge in [0.25, 0.3) is 0 Å². The normalized spacial score (nSPS) is 11.1. The van der Waals surface area contributed by atoms with Crippen LogP contribution in [0, 0.1) is 6.92 Å². The Labute approximate surface area is 143 Å². The van der Waals surface area contributed by atoms with Gasteiger partial charge in [-0.15, -0.1) is 5.10 Å². The highest BCUT2D eigenvalue weighted by Crippen LogP contribution is 2.25. The number of nitrogens with zero attached hydrogens (tertiary/aromatic N) is 4. The number of aryl methyl sites for hydroxylation is 2. The highest BCUT2D eigenvalue weighted by atomic mass is 35.5. The highest BCUT2D eigenvalue weighted by Gasteiger charge is 2.11. The van der Waals surface area contributed by atoms with E-state index in [1.165, 1.54) is 0 Å². The van der Waals surface area contributed by atoms with Crippen molar-refractivity contribution in [3.63, 3.8) is 0 Å². The number of benzene rings is 2. The molecule has 0 saturated carbocycles. The Morgan fingerprint density at radius 2 is 2.04 bits per heavy atom. The van der Waals surface area contributed by atoms with E-state index in [1.54, 1.807) is 10.9 Å². The summed E-state index contributed by atoms with van der Waals surface area (Å²) in [5.74, 6) is 1.29. The molecule has 0 unspecified atom stereocenters. The lowest BCUT2D eigenvalue weighted by Gasteiger charge is -2.04. The molecule has 0 spiro atoms. The molecule has 0 aliphatic carbocycles. The quantitative estimate of drug-likeness (QED) is 0.591. The van der Waals surface area contributed by atoms with Crippen LogP contribution >= 0.6 is 11.6 Å². The summed E-state index contributed by atoms with van der Waals surface area (Å²) in [6, 6.07) is 11.8. The Morgan fingerprint density at radius 3 is 2.88 bits per heavy atom. The van der Waals surface area contributed by atoms with E-state index in [9.17, 15) is 0 Å². The van der Waals surface area contributed by atoms with Crippen LogP contribution in [0.15, 0.2) is 42.6 Å². The third-order valence-corrected chi connectivity index (χ3v) is 4.30. The summed E-state index contributed by atoms with van der Waals surface area (Å²) < 4.78 is 1.71. The molecule has 7 heteroatoms. The Morgan fingerprint density at radius 1 is 1.17 bits per heavy atom. The van der Waals surface area contributed by atoms with Crippen LogP contribution in [0.3, 0.4) is 0 Å². The second kappa shape index (κ2) is 5.65. The maximum Gasteiger partial charge on any atom is 0.225 e. The molecule has 0 fully saturated rings. The molecule has 4 rings (SSSR count). The summed E-state index contributed by atoms with van der Waals surface area (Å²) in [5, 5.41) is 16.5. The SMILES string of the molecule is Cc1ccc(-c2nc(Nc3ccc4[nH]ncc4c3)n(C)n2)cc1Cl. The molecule has 120 valence electrons. The van der Waals surface area contributed by atoms with Crippen LogP contribution in [0.4, 0.5) is 11.6 Å². The van der Waals surface area contributed by atoms with Gasteiger partial charge in [-0.05, 0) is 36.8 Å². The standard InChI is InChI=1S/C17H15ClN6/c1-10-3-4-11(8-14(10)18)16-21-17(24(2)23-16)20-13-5-6-15-12(7-13)9-19-22-15/h3-9H,1-2H3,(H,19,22)(H,20,21,23). The number of nitrogens with one attached hydrogen (secondary N) is 2. The third-order valence-electron chi connectivity index (χ3n) is 3.89. The van der Waals surface area contributed by atoms with E-state index in [4.69, 9.17) is 11.6 Å². The van der Waals surface area contributed by atoms with Gasteiger partial charge < -0.3 is 5.32 Å². The number of halogens is 1. The van der Waals surface area contributed by atoms with E-state index in [0.717, 1.165) is 27.7 Å². The molecule has 0 saturated heterocycles. The molecule has 2 aromatic heterocycles. The summed E-state index contributed by atoms with van der Waals surface area (Å²) in [5.41, 5.74) is 3.84. The lowest BCUT2D eigenvalue weighted by Crippen LogP contribution is -1.99. The van der Waals surface area contributed by atoms with E-state index in [0.29, 0.717) is 16.8 Å². The Bertz CT molecular complexity index is 1030. The van der Waals surface area contributed by atoms with Crippen molar-refractivity contribution in [3.05, 3.63) is 53.2 Å². The van der Waals surface area contributed by atoms with Gasteiger partial charge in [0.1, 0.15) is 0 Å². The minimum absolute atomic E-state index is 0.631. The van der Waals surface area contributed by atoms with E-state index < -0.39 is 0 Å². The van der Waals surface area contributed by atoms with Gasteiger partial charge in [0.15, 0.2) is 5.82 Å². The van der Waals surface area contributed by atoms with Crippen LogP contribution in [-0.2, 0) is 7.05 Å². The average molecular weight is 339 g/mol. The monoisotopic (exact) mass is 338 g/mol. The van der Waals surface area contributed by atoms with Gasteiger partial charge in [-0.25, -0.2) is 4.68 Å². The molecule has 0 amide bonds. The van der Waals surface area contributed by atoms with Crippen molar-refractivity contribution < 1.29 is 0 Å². The molecule has 6 nitrogen and oxygen atoms in total. The van der Waals surface area contributed by atoms with Gasteiger partial charge in [0.2, 0.25) is 5.95 Å². The fraction of sp³-hybridized carbons (Fsp3) is 0.118. The topological polar surface area (TPSA) is 71.4 Å². The maximum absolute atomic E-state index is 6.20. The second-order valence-electron chi connectivity index (χ2n) is 5.64. The van der Waals surface area contributed by atoms with Crippen molar-refractivity contribution in [1.82, 2.24) is 25.0 Å². The molecule has 0 bridgehead atoms. The zero-order chi connectivity index (χ0) is 16.7. The van der Waals surface area contributed by atoms with Crippen molar-refractivity contribution in [1.29, 1.82) is 0 Å². The Kier molecular flexibility index (Phi) is 3.46. The number of aromatic amines is 1. The van der Waals surface area contributed by atoms with Gasteiger partial charge in [0.05, 0.1) is 11.7 Å². The van der Waals surface area contributed by atoms with Crippen molar-refractivity contribution in [2.24, 2.45) is 7.05 Å². The first-order chi connectivity index (χ1) is 11.6. The van der Waals surface area contributed by atoms with E-state index in [1.807, 2.05) is 50.4 Å². The van der Waals surface area contributed by atoms with Crippen molar-refractivity contribution in [2.45, 2.75) is 6.92 Å². The van der Waals surface area contributed by atoms with Crippen molar-refractivity contribution in [2.75, 3.05) is 5.32 Å². The fourth-order valence-corrected chi connectivity index (χ4v) is 2.68. The van der Waals surface area contributed by atoms with Crippen molar-refractivity contribution >= 4 is 34.1 Å². The predicted molar refractivity (Wildman–Crippen MR) is 95.6 cm³/mol. The molecule has 0 atom stereocenters. The van der Waals surface area contributed by atoms with Gasteiger partial charge in [0, 0.05) is 28.7 Å². The van der Waals surface area contributed by atoms with Crippen LogP contribution < -0.4 is 5.32 Å². The molecule has 0 radical (unpaired) electrons. The van der Waals surface area contributed by atoms with E-state index in [2.05, 4.69) is 25.6 Å². The van der Waals surface area contributed by atoms with Crippen molar-refractivity contribution in [3.8, 4) is 11.4 Å². The first-order valence-electron chi connectivity index (χ1n) is 7.48. The van der Waals surface area contributed by atoms with Gasteiger partial charge in [-0.2, -0.15) is 10.1 Å². The molecule has 4 aromatic rings. The highest BCUT2D eigenvalue weighted by molar-refractivity contribution is 6.31. The molecular weight excluding hydrogens is 324 g/mol. The minimum atomic E-state index is 0.631. The van der Waals surface area contributed by atoms with Crippen LogP contribution in [0.2, 0.25) is 5.02 Å². The number of anilines is 2. The molecule has 24 heavy (non-hydrogen) atoms. The summed E-state index contributed by atoms with van der Waals surface area (Å²) >= 11 is 6.20. The van der Waals surface area contributed by atoms with E-state index in [-0.39, 0.29) is 0 Å². The fourth-order valence-electron chi connectivity index (χ4n) is 2.50. The first kappa shape index (κ1) is 14.7. The molecule has 2 heterocycles. The maximum atomic E-state index is 6.20. The molecule has 0 aliphatic rings.